The van der Waals surface area contributed by atoms with E-state index < -0.39 is 0 Å². The molecule has 6 heteroatoms. The maximum Gasteiger partial charge on any atom is 0.273 e. The van der Waals surface area contributed by atoms with Gasteiger partial charge in [-0.1, -0.05) is 15.9 Å². The van der Waals surface area contributed by atoms with Gasteiger partial charge in [-0.15, -0.1) is 0 Å². The van der Waals surface area contributed by atoms with Gasteiger partial charge in [0.1, 0.15) is 0 Å². The lowest BCUT2D eigenvalue weighted by Crippen LogP contribution is -2.44. The van der Waals surface area contributed by atoms with Crippen LogP contribution in [0.1, 0.15) is 56.6 Å². The Bertz CT molecular complexity index is 651. The number of nitro groups is 1. The molecule has 0 radical (unpaired) electrons. The lowest BCUT2D eigenvalue weighted by atomic mass is 9.86. The van der Waals surface area contributed by atoms with E-state index in [0.29, 0.717) is 18.1 Å². The Hall–Kier alpha value is -0.980. The fourth-order valence-corrected chi connectivity index (χ4v) is 5.04. The number of piperidine rings is 1. The highest BCUT2D eigenvalue weighted by atomic mass is 79.9. The molecule has 0 unspecified atom stereocenters. The zero-order valence-electron chi connectivity index (χ0n) is 16.5. The number of benzene rings is 1. The van der Waals surface area contributed by atoms with E-state index in [0.717, 1.165) is 54.6 Å². The average molecular weight is 439 g/mol. The van der Waals surface area contributed by atoms with E-state index in [9.17, 15) is 10.1 Å². The third-order valence-corrected chi connectivity index (χ3v) is 7.13. The molecule has 1 aromatic carbocycles. The summed E-state index contributed by atoms with van der Waals surface area (Å²) in [7, 11) is 0. The molecular formula is C21H31BrN2O3. The predicted octanol–water partition coefficient (Wildman–Crippen LogP) is 5.27. The Kier molecular flexibility index (Phi) is 7.29. The van der Waals surface area contributed by atoms with Crippen LogP contribution in [0.3, 0.4) is 0 Å². The van der Waals surface area contributed by atoms with Crippen LogP contribution in [0.2, 0.25) is 0 Å². The number of halogens is 1. The highest BCUT2D eigenvalue weighted by Gasteiger charge is 2.30. The fraction of sp³-hybridized carbons (Fsp3) is 0.714. The van der Waals surface area contributed by atoms with Crippen LogP contribution in [0.4, 0.5) is 5.69 Å². The Morgan fingerprint density at radius 3 is 2.44 bits per heavy atom. The third-order valence-electron chi connectivity index (χ3n) is 6.28. The quantitative estimate of drug-likeness (QED) is 0.448. The molecule has 1 heterocycles. The van der Waals surface area contributed by atoms with Gasteiger partial charge in [-0.05, 0) is 89.4 Å². The van der Waals surface area contributed by atoms with Crippen LogP contribution in [0, 0.1) is 23.0 Å². The number of hydrogen-bond donors (Lipinski definition) is 0. The monoisotopic (exact) mass is 438 g/mol. The molecule has 150 valence electrons. The van der Waals surface area contributed by atoms with Crippen LogP contribution in [-0.4, -0.2) is 41.7 Å². The molecule has 1 aromatic rings. The van der Waals surface area contributed by atoms with Crippen molar-refractivity contribution in [1.29, 1.82) is 0 Å². The maximum absolute atomic E-state index is 11.4. The number of aryl methyl sites for hydroxylation is 1. The van der Waals surface area contributed by atoms with Gasteiger partial charge in [0.25, 0.3) is 5.69 Å². The minimum atomic E-state index is -0.245. The number of rotatable bonds is 6. The molecule has 1 saturated carbocycles. The van der Waals surface area contributed by atoms with E-state index in [2.05, 4.69) is 27.8 Å². The molecule has 0 atom stereocenters. The molecule has 3 rings (SSSR count). The molecule has 1 aliphatic carbocycles. The predicted molar refractivity (Wildman–Crippen MR) is 111 cm³/mol. The summed E-state index contributed by atoms with van der Waals surface area (Å²) in [6.45, 7) is 7.14. The van der Waals surface area contributed by atoms with Crippen molar-refractivity contribution < 1.29 is 9.66 Å². The van der Waals surface area contributed by atoms with Gasteiger partial charge in [0.05, 0.1) is 11.0 Å². The third kappa shape index (κ3) is 5.30. The van der Waals surface area contributed by atoms with E-state index in [1.165, 1.54) is 25.7 Å². The van der Waals surface area contributed by atoms with Crippen LogP contribution in [0.15, 0.2) is 16.6 Å². The van der Waals surface area contributed by atoms with Gasteiger partial charge in [-0.25, -0.2) is 0 Å². The van der Waals surface area contributed by atoms with Crippen molar-refractivity contribution in [2.75, 3.05) is 19.7 Å². The number of hydrogen-bond acceptors (Lipinski definition) is 4. The molecule has 0 N–H and O–H groups in total. The summed E-state index contributed by atoms with van der Waals surface area (Å²) in [4.78, 5) is 13.8. The number of nitro benzene ring substituents is 1. The maximum atomic E-state index is 11.4. The van der Waals surface area contributed by atoms with Crippen molar-refractivity contribution in [3.8, 4) is 0 Å². The minimum Gasteiger partial charge on any atom is -0.379 e. The Labute approximate surface area is 170 Å². The molecule has 1 saturated heterocycles. The summed E-state index contributed by atoms with van der Waals surface area (Å²) in [5.41, 5.74) is 2.21. The first-order chi connectivity index (χ1) is 13.0. The van der Waals surface area contributed by atoms with E-state index >= 15 is 0 Å². The molecule has 2 aliphatic rings. The van der Waals surface area contributed by atoms with Gasteiger partial charge in [0, 0.05) is 28.8 Å². The topological polar surface area (TPSA) is 55.6 Å². The highest BCUT2D eigenvalue weighted by molar-refractivity contribution is 9.10. The normalized spacial score (nSPS) is 24.9. The highest BCUT2D eigenvalue weighted by Crippen LogP contribution is 2.33. The summed E-state index contributed by atoms with van der Waals surface area (Å²) in [5, 5.41) is 11.4. The summed E-state index contributed by atoms with van der Waals surface area (Å²) >= 11 is 3.42. The van der Waals surface area contributed by atoms with Gasteiger partial charge in [-0.2, -0.15) is 0 Å². The standard InChI is InChI=1S/C21H31BrN2O3/c1-3-27-19-6-4-18(5-7-19)23-10-8-16(9-11-23)13-17-12-15(2)20(22)14-21(17)24(25)26/h12,14,16,18-19H,3-11,13H2,1-2H3. The van der Waals surface area contributed by atoms with Crippen LogP contribution >= 0.6 is 15.9 Å². The first-order valence-electron chi connectivity index (χ1n) is 10.3. The summed E-state index contributed by atoms with van der Waals surface area (Å²) < 4.78 is 6.59. The second-order valence-corrected chi connectivity index (χ2v) is 8.91. The average Bonchev–Trinajstić information content (AvgIpc) is 2.66. The van der Waals surface area contributed by atoms with E-state index in [4.69, 9.17) is 4.74 Å². The van der Waals surface area contributed by atoms with Crippen LogP contribution in [-0.2, 0) is 11.2 Å². The molecule has 27 heavy (non-hydrogen) atoms. The van der Waals surface area contributed by atoms with Gasteiger partial charge >= 0.3 is 0 Å². The first-order valence-corrected chi connectivity index (χ1v) is 11.1. The minimum absolute atomic E-state index is 0.245. The zero-order valence-corrected chi connectivity index (χ0v) is 18.0. The SMILES string of the molecule is CCOC1CCC(N2CCC(Cc3cc(C)c(Br)cc3[N+](=O)[O-])CC2)CC1. The van der Waals surface area contributed by atoms with Gasteiger partial charge in [0.15, 0.2) is 0 Å². The van der Waals surface area contributed by atoms with E-state index in [1.54, 1.807) is 6.07 Å². The molecule has 1 aliphatic heterocycles. The Balaban J connectivity index is 1.53. The molecule has 2 fully saturated rings. The Morgan fingerprint density at radius 2 is 1.85 bits per heavy atom. The van der Waals surface area contributed by atoms with Crippen LogP contribution in [0.5, 0.6) is 0 Å². The van der Waals surface area contributed by atoms with Gasteiger partial charge in [0.2, 0.25) is 0 Å². The van der Waals surface area contributed by atoms with Crippen LogP contribution in [0.25, 0.3) is 0 Å². The largest absolute Gasteiger partial charge is 0.379 e. The fourth-order valence-electron chi connectivity index (χ4n) is 4.71. The van der Waals surface area contributed by atoms with Crippen LogP contribution < -0.4 is 0 Å². The molecule has 0 aromatic heterocycles. The van der Waals surface area contributed by atoms with Crippen molar-refractivity contribution in [3.63, 3.8) is 0 Å². The first kappa shape index (κ1) is 20.7. The number of likely N-dealkylation sites (tertiary alicyclic amines) is 1. The van der Waals surface area contributed by atoms with Crippen molar-refractivity contribution in [2.45, 2.75) is 70.9 Å². The van der Waals surface area contributed by atoms with Crippen molar-refractivity contribution in [1.82, 2.24) is 4.90 Å². The summed E-state index contributed by atoms with van der Waals surface area (Å²) in [6.07, 6.45) is 8.40. The molecule has 0 bridgehead atoms. The van der Waals surface area contributed by atoms with Crippen molar-refractivity contribution in [3.05, 3.63) is 37.8 Å². The number of ether oxygens (including phenoxy) is 1. The molecule has 0 amide bonds. The van der Waals surface area contributed by atoms with E-state index in [-0.39, 0.29) is 10.6 Å². The molecule has 5 nitrogen and oxygen atoms in total. The second kappa shape index (κ2) is 9.48. The van der Waals surface area contributed by atoms with Gasteiger partial charge < -0.3 is 9.64 Å². The Morgan fingerprint density at radius 1 is 1.19 bits per heavy atom. The second-order valence-electron chi connectivity index (χ2n) is 8.06. The van der Waals surface area contributed by atoms with E-state index in [1.807, 2.05) is 13.0 Å². The summed E-state index contributed by atoms with van der Waals surface area (Å²) in [6, 6.07) is 4.35. The molecule has 0 spiro atoms. The zero-order chi connectivity index (χ0) is 19.4. The lowest BCUT2D eigenvalue weighted by molar-refractivity contribution is -0.385. The van der Waals surface area contributed by atoms with Crippen molar-refractivity contribution >= 4 is 21.6 Å². The molecular weight excluding hydrogens is 408 g/mol. The van der Waals surface area contributed by atoms with Crippen molar-refractivity contribution in [2.24, 2.45) is 5.92 Å². The lowest BCUT2D eigenvalue weighted by Gasteiger charge is -2.40. The smallest absolute Gasteiger partial charge is 0.273 e. The van der Waals surface area contributed by atoms with Gasteiger partial charge in [-0.3, -0.25) is 10.1 Å². The summed E-state index contributed by atoms with van der Waals surface area (Å²) in [5.74, 6) is 0.542. The number of nitrogens with zero attached hydrogens (tertiary/aromatic N) is 2.